The number of sulfone groups is 1. The molecule has 0 unspecified atom stereocenters. The highest BCUT2D eigenvalue weighted by Gasteiger charge is 2.72. The van der Waals surface area contributed by atoms with E-state index in [1.54, 1.807) is 26.0 Å². The second-order valence-corrected chi connectivity index (χ2v) is 11.6. The predicted octanol–water partition coefficient (Wildman–Crippen LogP) is 0.837. The summed E-state index contributed by atoms with van der Waals surface area (Å²) in [4.78, 5) is 9.19. The summed E-state index contributed by atoms with van der Waals surface area (Å²) in [7, 11) is -7.93. The molecule has 0 saturated carbocycles. The Labute approximate surface area is 191 Å². The summed E-state index contributed by atoms with van der Waals surface area (Å²) in [5.41, 5.74) is 1.59. The van der Waals surface area contributed by atoms with E-state index < -0.39 is 55.5 Å². The number of hydrogen-bond acceptors (Lipinski definition) is 10. The van der Waals surface area contributed by atoms with Gasteiger partial charge in [0.15, 0.2) is 6.10 Å². The van der Waals surface area contributed by atoms with E-state index in [2.05, 4.69) is 0 Å². The van der Waals surface area contributed by atoms with E-state index in [4.69, 9.17) is 18.4 Å². The Morgan fingerprint density at radius 1 is 0.909 bits per heavy atom. The molecule has 0 amide bonds. The fraction of sp³-hybridized carbons (Fsp3) is 0.381. The van der Waals surface area contributed by atoms with Crippen LogP contribution in [-0.4, -0.2) is 64.6 Å². The molecule has 0 aliphatic carbocycles. The van der Waals surface area contributed by atoms with Gasteiger partial charge in [0.2, 0.25) is 22.2 Å². The molecule has 2 aliphatic heterocycles. The van der Waals surface area contributed by atoms with Gasteiger partial charge >= 0.3 is 5.97 Å². The molecule has 2 saturated heterocycles. The third-order valence-corrected chi connectivity index (χ3v) is 9.10. The maximum atomic E-state index is 13.4. The molecular weight excluding hydrogens is 476 g/mol. The van der Waals surface area contributed by atoms with Crippen LogP contribution in [0.5, 0.6) is 0 Å². The number of carbonyl (C=O) groups is 1. The zero-order chi connectivity index (χ0) is 24.2. The lowest BCUT2D eigenvalue weighted by molar-refractivity contribution is -0.184. The van der Waals surface area contributed by atoms with E-state index in [0.29, 0.717) is 0 Å². The first-order valence-corrected chi connectivity index (χ1v) is 12.7. The normalized spacial score (nSPS) is 29.6. The Balaban J connectivity index is 1.69. The molecule has 0 radical (unpaired) electrons. The third-order valence-electron chi connectivity index (χ3n) is 5.61. The Kier molecular flexibility index (Phi) is 5.88. The smallest absolute Gasteiger partial charge is 0.340 e. The van der Waals surface area contributed by atoms with Crippen molar-refractivity contribution >= 4 is 25.9 Å². The molecule has 2 aromatic rings. The molecule has 10 nitrogen and oxygen atoms in total. The van der Waals surface area contributed by atoms with Crippen LogP contribution in [0.1, 0.15) is 11.1 Å². The topological polar surface area (TPSA) is 142 Å². The van der Waals surface area contributed by atoms with Gasteiger partial charge in [0.1, 0.15) is 6.10 Å². The van der Waals surface area contributed by atoms with Crippen molar-refractivity contribution in [2.45, 2.75) is 53.2 Å². The minimum atomic E-state index is -4.59. The van der Waals surface area contributed by atoms with Crippen molar-refractivity contribution in [2.75, 3.05) is 7.11 Å². The van der Waals surface area contributed by atoms with Crippen LogP contribution in [0.4, 0.5) is 0 Å². The maximum Gasteiger partial charge on any atom is 0.340 e. The molecule has 0 bridgehead atoms. The molecule has 2 aliphatic rings. The lowest BCUT2D eigenvalue weighted by atomic mass is 10.1. The summed E-state index contributed by atoms with van der Waals surface area (Å²) >= 11 is 0. The average molecular weight is 499 g/mol. The van der Waals surface area contributed by atoms with Crippen LogP contribution in [0.2, 0.25) is 0 Å². The van der Waals surface area contributed by atoms with E-state index in [-0.39, 0.29) is 9.79 Å². The van der Waals surface area contributed by atoms with E-state index in [0.717, 1.165) is 18.2 Å². The number of benzene rings is 2. The maximum absolute atomic E-state index is 13.4. The van der Waals surface area contributed by atoms with Gasteiger partial charge in [-0.1, -0.05) is 35.4 Å². The molecule has 2 fully saturated rings. The van der Waals surface area contributed by atoms with E-state index >= 15 is 0 Å². The Bertz CT molecular complexity index is 1270. The first-order chi connectivity index (χ1) is 15.4. The number of esters is 1. The van der Waals surface area contributed by atoms with E-state index in [9.17, 15) is 26.7 Å². The lowest BCUT2D eigenvalue weighted by Gasteiger charge is -2.30. The molecule has 178 valence electrons. The van der Waals surface area contributed by atoms with Crippen LogP contribution in [-0.2, 0) is 43.1 Å². The van der Waals surface area contributed by atoms with Gasteiger partial charge in [-0.15, -0.1) is 0 Å². The van der Waals surface area contributed by atoms with Gasteiger partial charge in [0.25, 0.3) is 15.1 Å². The molecule has 1 N–H and O–H groups in total. The molecule has 4 rings (SSSR count). The van der Waals surface area contributed by atoms with Gasteiger partial charge in [-0.25, -0.2) is 17.4 Å². The standard InChI is InChI=1S/C21H22O10S2/c1-12-4-8-14(9-5-12)32(24,25)21(23)18-16(29-20(21)28-3)17(19(22)30-18)31-33(26,27)15-10-6-13(2)7-11-15/h4-11,16-18,20,23H,1-3H3/t16-,17+,18+,20-,21+/m1/s1. The molecular formula is C21H22O10S2. The number of fused-ring (bicyclic) bond motifs is 1. The summed E-state index contributed by atoms with van der Waals surface area (Å²) in [5, 5.41) is 11.3. The summed E-state index contributed by atoms with van der Waals surface area (Å²) in [6.07, 6.45) is -6.98. The lowest BCUT2D eigenvalue weighted by Crippen LogP contribution is -2.55. The van der Waals surface area contributed by atoms with Crippen LogP contribution >= 0.6 is 0 Å². The van der Waals surface area contributed by atoms with Crippen molar-refractivity contribution in [3.63, 3.8) is 0 Å². The number of methoxy groups -OCH3 is 1. The van der Waals surface area contributed by atoms with Crippen molar-refractivity contribution < 1.29 is 45.1 Å². The van der Waals surface area contributed by atoms with Gasteiger partial charge in [-0.3, -0.25) is 0 Å². The highest BCUT2D eigenvalue weighted by molar-refractivity contribution is 7.92. The fourth-order valence-electron chi connectivity index (χ4n) is 3.79. The quantitative estimate of drug-likeness (QED) is 0.449. The first kappa shape index (κ1) is 23.8. The van der Waals surface area contributed by atoms with Crippen LogP contribution in [0, 0.1) is 13.8 Å². The molecule has 33 heavy (non-hydrogen) atoms. The Morgan fingerprint density at radius 2 is 1.42 bits per heavy atom. The first-order valence-electron chi connectivity index (χ1n) is 9.84. The van der Waals surface area contributed by atoms with Crippen molar-refractivity contribution in [1.29, 1.82) is 0 Å². The largest absolute Gasteiger partial charge is 0.453 e. The monoisotopic (exact) mass is 498 g/mol. The van der Waals surface area contributed by atoms with Gasteiger partial charge < -0.3 is 19.3 Å². The summed E-state index contributed by atoms with van der Waals surface area (Å²) in [5.74, 6) is -1.19. The van der Waals surface area contributed by atoms with Gasteiger partial charge in [0.05, 0.1) is 9.79 Å². The van der Waals surface area contributed by atoms with Crippen molar-refractivity contribution in [3.05, 3.63) is 59.7 Å². The molecule has 5 atom stereocenters. The number of ether oxygens (including phenoxy) is 3. The Hall–Kier alpha value is -2.35. The van der Waals surface area contributed by atoms with Crippen LogP contribution in [0.3, 0.4) is 0 Å². The third kappa shape index (κ3) is 3.76. The predicted molar refractivity (Wildman–Crippen MR) is 112 cm³/mol. The molecule has 0 spiro atoms. The highest BCUT2D eigenvalue weighted by Crippen LogP contribution is 2.46. The van der Waals surface area contributed by atoms with Crippen molar-refractivity contribution in [2.24, 2.45) is 0 Å². The summed E-state index contributed by atoms with van der Waals surface area (Å²) < 4.78 is 72.9. The zero-order valence-corrected chi connectivity index (χ0v) is 19.5. The highest BCUT2D eigenvalue weighted by atomic mass is 32.2. The summed E-state index contributed by atoms with van der Waals surface area (Å²) in [6, 6.07) is 11.3. The Morgan fingerprint density at radius 3 is 1.94 bits per heavy atom. The number of aliphatic hydroxyl groups is 1. The van der Waals surface area contributed by atoms with Crippen LogP contribution in [0.25, 0.3) is 0 Å². The van der Waals surface area contributed by atoms with Gasteiger partial charge in [0, 0.05) is 7.11 Å². The fourth-order valence-corrected chi connectivity index (χ4v) is 6.60. The average Bonchev–Trinajstić information content (AvgIpc) is 3.22. The van der Waals surface area contributed by atoms with Crippen LogP contribution in [0.15, 0.2) is 58.3 Å². The number of aryl methyl sites for hydroxylation is 2. The minimum absolute atomic E-state index is 0.215. The number of hydrogen-bond donors (Lipinski definition) is 1. The van der Waals surface area contributed by atoms with E-state index in [1.807, 2.05) is 0 Å². The zero-order valence-electron chi connectivity index (χ0n) is 17.9. The second kappa shape index (κ2) is 8.15. The van der Waals surface area contributed by atoms with E-state index in [1.165, 1.54) is 36.4 Å². The van der Waals surface area contributed by atoms with Crippen molar-refractivity contribution in [3.8, 4) is 0 Å². The second-order valence-electron chi connectivity index (χ2n) is 7.88. The molecule has 12 heteroatoms. The molecule has 2 heterocycles. The summed E-state index contributed by atoms with van der Waals surface area (Å²) in [6.45, 7) is 3.52. The number of rotatable bonds is 6. The molecule has 2 aromatic carbocycles. The minimum Gasteiger partial charge on any atom is -0.453 e. The van der Waals surface area contributed by atoms with Crippen LogP contribution < -0.4 is 0 Å². The van der Waals surface area contributed by atoms with Gasteiger partial charge in [-0.2, -0.15) is 8.42 Å². The SMILES string of the molecule is CO[C@@H]1O[C@@H]2[C@H](OS(=O)(=O)c3ccc(C)cc3)C(=O)O[C@@H]2[C@]1(O)S(=O)(=O)c1ccc(C)cc1. The molecule has 0 aromatic heterocycles. The van der Waals surface area contributed by atoms with Gasteiger partial charge in [-0.05, 0) is 38.1 Å². The number of carbonyl (C=O) groups excluding carboxylic acids is 1. The van der Waals surface area contributed by atoms with Crippen molar-refractivity contribution in [1.82, 2.24) is 0 Å².